The predicted octanol–water partition coefficient (Wildman–Crippen LogP) is 3.83. The number of benzene rings is 2. The number of hydrogen-bond donors (Lipinski definition) is 0. The maximum Gasteiger partial charge on any atom is 0.333 e. The van der Waals surface area contributed by atoms with Crippen LogP contribution in [0, 0.1) is 0 Å². The molecule has 2 aromatic rings. The summed E-state index contributed by atoms with van der Waals surface area (Å²) in [5, 5.41) is 0. The van der Waals surface area contributed by atoms with Gasteiger partial charge < -0.3 is 23.8 Å². The number of morpholine rings is 1. The van der Waals surface area contributed by atoms with Crippen LogP contribution in [-0.2, 0) is 23.9 Å². The molecule has 11 heteroatoms. The molecule has 0 bridgehead atoms. The number of esters is 1. The largest absolute Gasteiger partial charge is 0.493 e. The van der Waals surface area contributed by atoms with Gasteiger partial charge in [-0.2, -0.15) is 0 Å². The molecule has 206 valence electrons. The van der Waals surface area contributed by atoms with Crippen molar-refractivity contribution in [2.45, 2.75) is 19.4 Å². The fourth-order valence-electron chi connectivity index (χ4n) is 4.10. The molecule has 9 nitrogen and oxygen atoms in total. The van der Waals surface area contributed by atoms with E-state index < -0.39 is 12.0 Å². The van der Waals surface area contributed by atoms with E-state index in [4.69, 9.17) is 31.2 Å². The number of thioether (sulfide) groups is 1. The van der Waals surface area contributed by atoms with Gasteiger partial charge in [-0.15, -0.1) is 0 Å². The van der Waals surface area contributed by atoms with Gasteiger partial charge >= 0.3 is 5.97 Å². The van der Waals surface area contributed by atoms with Crippen LogP contribution < -0.4 is 9.47 Å². The molecule has 2 aliphatic rings. The molecule has 2 aromatic carbocycles. The minimum atomic E-state index is -0.981. The van der Waals surface area contributed by atoms with Gasteiger partial charge in [0.05, 0.1) is 31.8 Å². The van der Waals surface area contributed by atoms with Crippen molar-refractivity contribution in [3.63, 3.8) is 0 Å². The van der Waals surface area contributed by atoms with Crippen LogP contribution >= 0.6 is 24.0 Å². The monoisotopic (exact) mass is 570 g/mol. The minimum Gasteiger partial charge on any atom is -0.493 e. The SMILES string of the molecule is CCCOC(=O)C(c1ccccc1)N1C(=O)/C(=C\c2ccc(OCC(=O)N3CCOCC3)c(OC)c2)SC1=S. The molecule has 2 aliphatic heterocycles. The van der Waals surface area contributed by atoms with Crippen molar-refractivity contribution in [1.82, 2.24) is 9.80 Å². The van der Waals surface area contributed by atoms with E-state index in [0.717, 1.165) is 11.8 Å². The molecule has 2 fully saturated rings. The molecule has 4 rings (SSSR count). The zero-order valence-corrected chi connectivity index (χ0v) is 23.4. The van der Waals surface area contributed by atoms with Crippen LogP contribution in [-0.4, -0.2) is 78.5 Å². The van der Waals surface area contributed by atoms with E-state index >= 15 is 0 Å². The van der Waals surface area contributed by atoms with Crippen LogP contribution in [0.2, 0.25) is 0 Å². The topological polar surface area (TPSA) is 94.6 Å². The lowest BCUT2D eigenvalue weighted by molar-refractivity contribution is -0.151. The summed E-state index contributed by atoms with van der Waals surface area (Å²) in [6, 6.07) is 13.2. The third kappa shape index (κ3) is 6.97. The van der Waals surface area contributed by atoms with Gasteiger partial charge in [0.2, 0.25) is 0 Å². The van der Waals surface area contributed by atoms with Gasteiger partial charge in [0.25, 0.3) is 11.8 Å². The summed E-state index contributed by atoms with van der Waals surface area (Å²) in [4.78, 5) is 42.3. The van der Waals surface area contributed by atoms with Gasteiger partial charge in [0, 0.05) is 13.1 Å². The third-order valence-electron chi connectivity index (χ3n) is 6.07. The van der Waals surface area contributed by atoms with Gasteiger partial charge in [0.15, 0.2) is 24.1 Å². The molecule has 1 atom stereocenters. The van der Waals surface area contributed by atoms with E-state index in [0.29, 0.717) is 60.3 Å². The summed E-state index contributed by atoms with van der Waals surface area (Å²) >= 11 is 6.65. The van der Waals surface area contributed by atoms with E-state index in [1.165, 1.54) is 12.0 Å². The van der Waals surface area contributed by atoms with Gasteiger partial charge in [-0.05, 0) is 35.8 Å². The Morgan fingerprint density at radius 1 is 1.13 bits per heavy atom. The summed E-state index contributed by atoms with van der Waals surface area (Å²) in [5.41, 5.74) is 1.29. The summed E-state index contributed by atoms with van der Waals surface area (Å²) in [6.07, 6.45) is 2.35. The van der Waals surface area contributed by atoms with Crippen molar-refractivity contribution in [2.24, 2.45) is 0 Å². The first kappa shape index (κ1) is 28.6. The molecule has 0 N–H and O–H groups in total. The highest BCUT2D eigenvalue weighted by molar-refractivity contribution is 8.26. The molecular formula is C28H30N2O7S2. The highest BCUT2D eigenvalue weighted by Gasteiger charge is 2.42. The first-order valence-electron chi connectivity index (χ1n) is 12.6. The maximum atomic E-state index is 13.5. The van der Waals surface area contributed by atoms with Gasteiger partial charge in [-0.25, -0.2) is 4.79 Å². The second kappa shape index (κ2) is 13.6. The Morgan fingerprint density at radius 2 is 1.87 bits per heavy atom. The Morgan fingerprint density at radius 3 is 2.56 bits per heavy atom. The lowest BCUT2D eigenvalue weighted by Gasteiger charge is -2.26. The van der Waals surface area contributed by atoms with Crippen LogP contribution in [0.3, 0.4) is 0 Å². The average molecular weight is 571 g/mol. The third-order valence-corrected chi connectivity index (χ3v) is 7.40. The second-order valence-corrected chi connectivity index (χ2v) is 10.4. The van der Waals surface area contributed by atoms with Gasteiger partial charge in [0.1, 0.15) is 4.32 Å². The Labute approximate surface area is 237 Å². The van der Waals surface area contributed by atoms with E-state index in [-0.39, 0.29) is 29.3 Å². The van der Waals surface area contributed by atoms with Crippen molar-refractivity contribution in [2.75, 3.05) is 46.6 Å². The lowest BCUT2D eigenvalue weighted by atomic mass is 10.1. The fourth-order valence-corrected chi connectivity index (χ4v) is 5.41. The summed E-state index contributed by atoms with van der Waals surface area (Å²) in [7, 11) is 1.50. The molecule has 0 spiro atoms. The summed E-state index contributed by atoms with van der Waals surface area (Å²) < 4.78 is 22.2. The molecule has 39 heavy (non-hydrogen) atoms. The van der Waals surface area contributed by atoms with Crippen molar-refractivity contribution < 1.29 is 33.3 Å². The second-order valence-electron chi connectivity index (χ2n) is 8.72. The maximum absolute atomic E-state index is 13.5. The number of thiocarbonyl (C=S) groups is 1. The van der Waals surface area contributed by atoms with Gasteiger partial charge in [-0.1, -0.05) is 67.3 Å². The fraction of sp³-hybridized carbons (Fsp3) is 0.357. The molecule has 0 radical (unpaired) electrons. The predicted molar refractivity (Wildman–Crippen MR) is 151 cm³/mol. The molecule has 2 saturated heterocycles. The molecule has 2 heterocycles. The normalized spacial score (nSPS) is 17.3. The number of carbonyl (C=O) groups is 3. The lowest BCUT2D eigenvalue weighted by Crippen LogP contribution is -2.43. The number of hydrogen-bond acceptors (Lipinski definition) is 9. The Kier molecular flexibility index (Phi) is 9.96. The number of ether oxygens (including phenoxy) is 4. The molecule has 0 aromatic heterocycles. The first-order chi connectivity index (χ1) is 18.9. The van der Waals surface area contributed by atoms with Crippen molar-refractivity contribution in [3.8, 4) is 11.5 Å². The standard InChI is InChI=1S/C28H30N2O7S2/c1-3-13-36-27(33)25(20-7-5-4-6-8-20)30-26(32)23(39-28(30)38)17-19-9-10-21(22(16-19)34-2)37-18-24(31)29-11-14-35-15-12-29/h4-10,16-17,25H,3,11-15,18H2,1-2H3/b23-17+. The summed E-state index contributed by atoms with van der Waals surface area (Å²) in [5.74, 6) is -0.220. The first-order valence-corrected chi connectivity index (χ1v) is 13.8. The van der Waals surface area contributed by atoms with Crippen molar-refractivity contribution in [3.05, 3.63) is 64.6 Å². The minimum absolute atomic E-state index is 0.122. The quantitative estimate of drug-likeness (QED) is 0.240. The zero-order chi connectivity index (χ0) is 27.8. The molecular weight excluding hydrogens is 540 g/mol. The number of amides is 2. The summed E-state index contributed by atoms with van der Waals surface area (Å²) in [6.45, 7) is 4.14. The molecule has 0 aliphatic carbocycles. The molecule has 1 unspecified atom stereocenters. The average Bonchev–Trinajstić information content (AvgIpc) is 3.24. The van der Waals surface area contributed by atoms with Crippen LogP contribution in [0.1, 0.15) is 30.5 Å². The Bertz CT molecular complexity index is 1250. The van der Waals surface area contributed by atoms with Crippen LogP contribution in [0.4, 0.5) is 0 Å². The van der Waals surface area contributed by atoms with E-state index in [1.807, 2.05) is 13.0 Å². The van der Waals surface area contributed by atoms with Gasteiger partial charge in [-0.3, -0.25) is 14.5 Å². The smallest absolute Gasteiger partial charge is 0.333 e. The number of rotatable bonds is 10. The Balaban J connectivity index is 1.51. The van der Waals surface area contributed by atoms with Crippen LogP contribution in [0.5, 0.6) is 11.5 Å². The van der Waals surface area contributed by atoms with Crippen LogP contribution in [0.25, 0.3) is 6.08 Å². The highest BCUT2D eigenvalue weighted by atomic mass is 32.2. The number of methoxy groups -OCH3 is 1. The van der Waals surface area contributed by atoms with Crippen molar-refractivity contribution >= 4 is 52.2 Å². The number of carbonyl (C=O) groups excluding carboxylic acids is 3. The number of nitrogens with zero attached hydrogens (tertiary/aromatic N) is 2. The van der Waals surface area contributed by atoms with E-state index in [1.54, 1.807) is 53.4 Å². The van der Waals surface area contributed by atoms with E-state index in [9.17, 15) is 14.4 Å². The molecule has 2 amide bonds. The highest BCUT2D eigenvalue weighted by Crippen LogP contribution is 2.39. The van der Waals surface area contributed by atoms with E-state index in [2.05, 4.69) is 0 Å². The Hall–Kier alpha value is -3.41. The van der Waals surface area contributed by atoms with Crippen LogP contribution in [0.15, 0.2) is 53.4 Å². The zero-order valence-electron chi connectivity index (χ0n) is 21.8. The van der Waals surface area contributed by atoms with Crippen molar-refractivity contribution in [1.29, 1.82) is 0 Å². The molecule has 0 saturated carbocycles.